The number of carbonyl (C=O) groups excluding carboxylic acids is 1. The average Bonchev–Trinajstić information content (AvgIpc) is 3.39. The summed E-state index contributed by atoms with van der Waals surface area (Å²) in [6.07, 6.45) is 1.02. The van der Waals surface area contributed by atoms with Gasteiger partial charge in [-0.1, -0.05) is 5.16 Å². The molecule has 200 valence electrons. The molecule has 0 radical (unpaired) electrons. The van der Waals surface area contributed by atoms with Crippen molar-refractivity contribution >= 4 is 16.1 Å². The number of hydrogen-bond donors (Lipinski definition) is 1. The first-order valence-corrected chi connectivity index (χ1v) is 14.4. The second-order valence-corrected chi connectivity index (χ2v) is 12.9. The van der Waals surface area contributed by atoms with Crippen molar-refractivity contribution in [2.24, 2.45) is 0 Å². The van der Waals surface area contributed by atoms with E-state index in [0.717, 1.165) is 44.3 Å². The number of hydrogen-bond acceptors (Lipinski definition) is 6. The first kappa shape index (κ1) is 24.6. The molecule has 5 aliphatic rings. The highest BCUT2D eigenvalue weighted by Gasteiger charge is 2.52. The number of aromatic nitrogens is 1. The Bertz CT molecular complexity index is 1080. The number of halogens is 3. The van der Waals surface area contributed by atoms with Gasteiger partial charge in [0.05, 0.1) is 6.42 Å². The molecule has 5 heterocycles. The van der Waals surface area contributed by atoms with Crippen LogP contribution < -0.4 is 5.32 Å². The SMILES string of the molecule is O=C(N[C@H]1C[C@H]2CC[C@@H](C1)N2S(=O)(=O)N1CC2CCC(C1)N2CCC(F)(F)F)c1cc(C2CC2)on1. The molecule has 1 aromatic heterocycles. The maximum Gasteiger partial charge on any atom is 0.390 e. The molecule has 9 nitrogen and oxygen atoms in total. The van der Waals surface area contributed by atoms with Gasteiger partial charge in [-0.25, -0.2) is 0 Å². The van der Waals surface area contributed by atoms with Crippen molar-refractivity contribution in [3.8, 4) is 0 Å². The molecular formula is C23H32F3N5O4S. The molecule has 2 unspecified atom stereocenters. The second kappa shape index (κ2) is 8.95. The number of nitrogens with zero attached hydrogens (tertiary/aromatic N) is 4. The zero-order valence-corrected chi connectivity index (χ0v) is 20.8. The van der Waals surface area contributed by atoms with E-state index in [1.54, 1.807) is 10.4 Å². The predicted molar refractivity (Wildman–Crippen MR) is 122 cm³/mol. The number of carbonyl (C=O) groups is 1. The fourth-order valence-electron chi connectivity index (χ4n) is 6.74. The monoisotopic (exact) mass is 531 g/mol. The molecular weight excluding hydrogens is 499 g/mol. The smallest absolute Gasteiger partial charge is 0.360 e. The minimum absolute atomic E-state index is 0.0727. The number of amides is 1. The van der Waals surface area contributed by atoms with E-state index in [1.807, 2.05) is 4.90 Å². The number of piperidine rings is 1. The molecule has 4 saturated heterocycles. The highest BCUT2D eigenvalue weighted by Crippen LogP contribution is 2.42. The molecule has 5 fully saturated rings. The minimum atomic E-state index is -4.21. The van der Waals surface area contributed by atoms with Gasteiger partial charge in [-0.3, -0.25) is 9.69 Å². The first-order valence-electron chi connectivity index (χ1n) is 13.0. The Balaban J connectivity index is 1.08. The summed E-state index contributed by atoms with van der Waals surface area (Å²) in [5.74, 6) is 0.816. The van der Waals surface area contributed by atoms with Crippen LogP contribution in [-0.4, -0.2) is 89.0 Å². The molecule has 13 heteroatoms. The normalized spacial score (nSPS) is 33.8. The molecule has 1 amide bonds. The van der Waals surface area contributed by atoms with Gasteiger partial charge >= 0.3 is 6.18 Å². The van der Waals surface area contributed by atoms with Crippen LogP contribution >= 0.6 is 0 Å². The quantitative estimate of drug-likeness (QED) is 0.581. The third kappa shape index (κ3) is 4.67. The fraction of sp³-hybridized carbons (Fsp3) is 0.826. The van der Waals surface area contributed by atoms with Gasteiger partial charge in [0.2, 0.25) is 0 Å². The summed E-state index contributed by atoms with van der Waals surface area (Å²) >= 11 is 0. The van der Waals surface area contributed by atoms with E-state index >= 15 is 0 Å². The second-order valence-electron chi connectivity index (χ2n) is 11.1. The van der Waals surface area contributed by atoms with E-state index in [-0.39, 0.29) is 61.4 Å². The largest absolute Gasteiger partial charge is 0.390 e. The average molecular weight is 532 g/mol. The van der Waals surface area contributed by atoms with E-state index in [1.165, 1.54) is 4.31 Å². The third-order valence-corrected chi connectivity index (χ3v) is 10.7. The highest BCUT2D eigenvalue weighted by molar-refractivity contribution is 7.86. The summed E-state index contributed by atoms with van der Waals surface area (Å²) in [6.45, 7) is 0.404. The molecule has 6 rings (SSSR count). The summed E-state index contributed by atoms with van der Waals surface area (Å²) in [5.41, 5.74) is 0.262. The molecule has 1 saturated carbocycles. The van der Waals surface area contributed by atoms with Gasteiger partial charge in [-0.15, -0.1) is 0 Å². The van der Waals surface area contributed by atoms with Crippen molar-refractivity contribution in [2.45, 2.75) is 100 Å². The Hall–Kier alpha value is -1.70. The van der Waals surface area contributed by atoms with Crippen molar-refractivity contribution in [2.75, 3.05) is 19.6 Å². The lowest BCUT2D eigenvalue weighted by atomic mass is 9.99. The lowest BCUT2D eigenvalue weighted by Crippen LogP contribution is -2.61. The first-order chi connectivity index (χ1) is 17.1. The van der Waals surface area contributed by atoms with Crippen LogP contribution in [0.1, 0.15) is 80.0 Å². The van der Waals surface area contributed by atoms with Gasteiger partial charge in [0.1, 0.15) is 5.76 Å². The number of piperazine rings is 1. The van der Waals surface area contributed by atoms with Crippen molar-refractivity contribution in [1.29, 1.82) is 0 Å². The van der Waals surface area contributed by atoms with Crippen molar-refractivity contribution in [3.05, 3.63) is 17.5 Å². The number of rotatable bonds is 7. The Morgan fingerprint density at radius 2 is 1.64 bits per heavy atom. The van der Waals surface area contributed by atoms with Crippen LogP contribution in [0.25, 0.3) is 0 Å². The predicted octanol–water partition coefficient (Wildman–Crippen LogP) is 2.62. The summed E-state index contributed by atoms with van der Waals surface area (Å²) < 4.78 is 74.1. The van der Waals surface area contributed by atoms with Crippen LogP contribution in [0.2, 0.25) is 0 Å². The van der Waals surface area contributed by atoms with E-state index in [9.17, 15) is 26.4 Å². The molecule has 4 bridgehead atoms. The van der Waals surface area contributed by atoms with Crippen molar-refractivity contribution in [3.63, 3.8) is 0 Å². The van der Waals surface area contributed by atoms with Crippen LogP contribution in [0, 0.1) is 0 Å². The maximum atomic E-state index is 13.7. The zero-order valence-electron chi connectivity index (χ0n) is 20.0. The summed E-state index contributed by atoms with van der Waals surface area (Å²) in [4.78, 5) is 14.6. The van der Waals surface area contributed by atoms with Gasteiger partial charge in [-0.2, -0.15) is 30.2 Å². The summed E-state index contributed by atoms with van der Waals surface area (Å²) in [6, 6.07) is 0.831. The number of nitrogens with one attached hydrogen (secondary N) is 1. The Labute approximate surface area is 208 Å². The molecule has 36 heavy (non-hydrogen) atoms. The topological polar surface area (TPSA) is 99.0 Å². The maximum absolute atomic E-state index is 13.7. The molecule has 5 atom stereocenters. The van der Waals surface area contributed by atoms with Crippen LogP contribution in [-0.2, 0) is 10.2 Å². The lowest BCUT2D eigenvalue weighted by molar-refractivity contribution is -0.140. The Kier molecular flexibility index (Phi) is 6.12. The fourth-order valence-corrected chi connectivity index (χ4v) is 8.86. The van der Waals surface area contributed by atoms with E-state index < -0.39 is 22.8 Å². The number of alkyl halides is 3. The van der Waals surface area contributed by atoms with E-state index in [4.69, 9.17) is 4.52 Å². The van der Waals surface area contributed by atoms with E-state index in [2.05, 4.69) is 10.5 Å². The molecule has 1 N–H and O–H groups in total. The molecule has 0 aromatic carbocycles. The van der Waals surface area contributed by atoms with Gasteiger partial charge in [0, 0.05) is 61.8 Å². The molecule has 1 aromatic rings. The van der Waals surface area contributed by atoms with Crippen molar-refractivity contribution < 1.29 is 30.9 Å². The highest BCUT2D eigenvalue weighted by atomic mass is 32.2. The van der Waals surface area contributed by atoms with Gasteiger partial charge < -0.3 is 9.84 Å². The van der Waals surface area contributed by atoms with Crippen LogP contribution in [0.15, 0.2) is 10.6 Å². The van der Waals surface area contributed by atoms with Gasteiger partial charge in [-0.05, 0) is 51.4 Å². The van der Waals surface area contributed by atoms with Gasteiger partial charge in [0.15, 0.2) is 5.69 Å². The Morgan fingerprint density at radius 1 is 1.03 bits per heavy atom. The minimum Gasteiger partial charge on any atom is -0.360 e. The standard InChI is InChI=1S/C23H32F3N5O4S/c24-23(25,26)7-8-30-18-5-6-19(30)13-29(12-18)36(33,34)31-16-3-4-17(31)10-15(9-16)27-22(32)20-11-21(35-28-20)14-1-2-14/h11,14-19H,1-10,12-13H2,(H,27,32)/t15-,16+,17-,18?,19?. The molecule has 0 spiro atoms. The summed E-state index contributed by atoms with van der Waals surface area (Å²) in [7, 11) is -3.74. The zero-order chi connectivity index (χ0) is 25.2. The third-order valence-electron chi connectivity index (χ3n) is 8.59. The number of fused-ring (bicyclic) bond motifs is 4. The summed E-state index contributed by atoms with van der Waals surface area (Å²) in [5, 5.41) is 6.92. The van der Waals surface area contributed by atoms with Crippen molar-refractivity contribution in [1.82, 2.24) is 24.0 Å². The van der Waals surface area contributed by atoms with Gasteiger partial charge in [0.25, 0.3) is 16.1 Å². The Morgan fingerprint density at radius 3 is 2.22 bits per heavy atom. The van der Waals surface area contributed by atoms with Crippen LogP contribution in [0.4, 0.5) is 13.2 Å². The lowest BCUT2D eigenvalue weighted by Gasteiger charge is -2.45. The van der Waals surface area contributed by atoms with Crippen LogP contribution in [0.3, 0.4) is 0 Å². The molecule has 4 aliphatic heterocycles. The van der Waals surface area contributed by atoms with Crippen LogP contribution in [0.5, 0.6) is 0 Å². The van der Waals surface area contributed by atoms with E-state index in [0.29, 0.717) is 18.8 Å². The molecule has 1 aliphatic carbocycles.